The van der Waals surface area contributed by atoms with E-state index in [0.717, 1.165) is 11.8 Å². The molecule has 0 fully saturated rings. The number of alkyl carbamates (subject to hydrolysis) is 1. The number of thioether (sulfide) groups is 1. The van der Waals surface area contributed by atoms with Gasteiger partial charge in [-0.15, -0.1) is 11.8 Å². The van der Waals surface area contributed by atoms with Crippen molar-refractivity contribution in [3.8, 4) is 0 Å². The van der Waals surface area contributed by atoms with E-state index in [0.29, 0.717) is 16.9 Å². The summed E-state index contributed by atoms with van der Waals surface area (Å²) in [7, 11) is 1.18. The predicted octanol–water partition coefficient (Wildman–Crippen LogP) is 0.926. The van der Waals surface area contributed by atoms with Crippen molar-refractivity contribution in [3.05, 3.63) is 35.4 Å². The number of carbonyl (C=O) groups excluding carboxylic acids is 4. The number of cyclic esters (lactones) is 1. The van der Waals surface area contributed by atoms with Gasteiger partial charge in [0.1, 0.15) is 18.2 Å². The summed E-state index contributed by atoms with van der Waals surface area (Å²) in [6.07, 6.45) is -0.885. The second kappa shape index (κ2) is 10.5. The Morgan fingerprint density at radius 1 is 1.26 bits per heavy atom. The van der Waals surface area contributed by atoms with E-state index >= 15 is 0 Å². The van der Waals surface area contributed by atoms with Crippen molar-refractivity contribution in [1.82, 2.24) is 10.6 Å². The SMILES string of the molecule is COC(=O)[C@H]1NC(=O)C(NC(=O)OC(C)(C)C)COC(=O)c2ccccc2CSC1N. The zero-order chi connectivity index (χ0) is 23.2. The molecule has 1 aliphatic rings. The molecule has 0 aromatic heterocycles. The van der Waals surface area contributed by atoms with Crippen LogP contribution in [0.2, 0.25) is 0 Å². The van der Waals surface area contributed by atoms with Crippen LogP contribution >= 0.6 is 11.8 Å². The molecule has 10 nitrogen and oxygen atoms in total. The number of rotatable bonds is 2. The molecule has 31 heavy (non-hydrogen) atoms. The first-order valence-corrected chi connectivity index (χ1v) is 10.6. The van der Waals surface area contributed by atoms with E-state index < -0.39 is 53.6 Å². The van der Waals surface area contributed by atoms with Crippen molar-refractivity contribution in [2.75, 3.05) is 13.7 Å². The zero-order valence-electron chi connectivity index (χ0n) is 17.8. The van der Waals surface area contributed by atoms with Crippen molar-refractivity contribution in [1.29, 1.82) is 0 Å². The molecule has 170 valence electrons. The Kier molecular flexibility index (Phi) is 8.28. The summed E-state index contributed by atoms with van der Waals surface area (Å²) >= 11 is 1.15. The Labute approximate surface area is 184 Å². The Morgan fingerprint density at radius 2 is 1.94 bits per heavy atom. The van der Waals surface area contributed by atoms with E-state index in [4.69, 9.17) is 19.9 Å². The van der Waals surface area contributed by atoms with Gasteiger partial charge in [0.05, 0.1) is 18.0 Å². The lowest BCUT2D eigenvalue weighted by Gasteiger charge is -2.27. The summed E-state index contributed by atoms with van der Waals surface area (Å²) in [6.45, 7) is 4.50. The predicted molar refractivity (Wildman–Crippen MR) is 113 cm³/mol. The van der Waals surface area contributed by atoms with E-state index in [2.05, 4.69) is 10.6 Å². The topological polar surface area (TPSA) is 146 Å². The highest BCUT2D eigenvalue weighted by molar-refractivity contribution is 7.99. The van der Waals surface area contributed by atoms with Gasteiger partial charge in [0.25, 0.3) is 0 Å². The summed E-state index contributed by atoms with van der Waals surface area (Å²) < 4.78 is 15.2. The molecule has 2 unspecified atom stereocenters. The van der Waals surface area contributed by atoms with Crippen molar-refractivity contribution in [3.63, 3.8) is 0 Å². The van der Waals surface area contributed by atoms with Crippen molar-refractivity contribution < 1.29 is 33.4 Å². The minimum Gasteiger partial charge on any atom is -0.467 e. The van der Waals surface area contributed by atoms with E-state index in [1.54, 1.807) is 45.0 Å². The fraction of sp³-hybridized carbons (Fsp3) is 0.500. The van der Waals surface area contributed by atoms with E-state index in [9.17, 15) is 19.2 Å². The first kappa shape index (κ1) is 24.5. The summed E-state index contributed by atoms with van der Waals surface area (Å²) in [5.41, 5.74) is 6.28. The Balaban J connectivity index is 2.34. The third-order valence-corrected chi connectivity index (χ3v) is 5.27. The molecule has 0 spiro atoms. The van der Waals surface area contributed by atoms with Gasteiger partial charge < -0.3 is 30.6 Å². The number of fused-ring (bicyclic) bond motifs is 1. The minimum absolute atomic E-state index is 0.300. The molecule has 0 bridgehead atoms. The van der Waals surface area contributed by atoms with Gasteiger partial charge >= 0.3 is 18.0 Å². The standard InChI is InChI=1S/C20H27N3O7S/c1-20(2,3)30-19(27)22-13-9-29-17(25)12-8-6-5-7-11(12)10-31-15(21)14(18(26)28-4)23-16(13)24/h5-8,13-15H,9-10,21H2,1-4H3,(H,22,27)(H,23,24)/t13?,14-,15?/m0/s1. The summed E-state index contributed by atoms with van der Waals surface area (Å²) in [4.78, 5) is 49.8. The molecule has 0 saturated carbocycles. The highest BCUT2D eigenvalue weighted by atomic mass is 32.2. The molecule has 4 N–H and O–H groups in total. The van der Waals surface area contributed by atoms with Crippen LogP contribution in [0.5, 0.6) is 0 Å². The molecule has 1 aromatic carbocycles. The molecule has 0 radical (unpaired) electrons. The van der Waals surface area contributed by atoms with Crippen LogP contribution in [-0.4, -0.2) is 60.7 Å². The lowest BCUT2D eigenvalue weighted by atomic mass is 10.1. The smallest absolute Gasteiger partial charge is 0.408 e. The number of esters is 2. The van der Waals surface area contributed by atoms with Crippen molar-refractivity contribution in [2.24, 2.45) is 5.73 Å². The highest BCUT2D eigenvalue weighted by Crippen LogP contribution is 2.22. The third-order valence-electron chi connectivity index (χ3n) is 4.14. The number of ether oxygens (including phenoxy) is 3. The van der Waals surface area contributed by atoms with Gasteiger partial charge in [-0.05, 0) is 32.4 Å². The van der Waals surface area contributed by atoms with Crippen LogP contribution < -0.4 is 16.4 Å². The number of carbonyl (C=O) groups is 4. The van der Waals surface area contributed by atoms with Gasteiger partial charge in [-0.25, -0.2) is 14.4 Å². The number of hydrogen-bond acceptors (Lipinski definition) is 9. The van der Waals surface area contributed by atoms with Crippen LogP contribution in [0.1, 0.15) is 36.7 Å². The first-order valence-electron chi connectivity index (χ1n) is 9.51. The van der Waals surface area contributed by atoms with Crippen LogP contribution in [0.3, 0.4) is 0 Å². The Morgan fingerprint density at radius 3 is 2.58 bits per heavy atom. The fourth-order valence-electron chi connectivity index (χ4n) is 2.65. The average molecular weight is 454 g/mol. The monoisotopic (exact) mass is 453 g/mol. The molecular weight excluding hydrogens is 426 g/mol. The number of methoxy groups -OCH3 is 1. The molecule has 2 rings (SSSR count). The maximum Gasteiger partial charge on any atom is 0.408 e. The van der Waals surface area contributed by atoms with Gasteiger partial charge in [0.2, 0.25) is 5.91 Å². The molecule has 3 atom stereocenters. The molecule has 0 aliphatic carbocycles. The third kappa shape index (κ3) is 7.14. The molecule has 1 aliphatic heterocycles. The Bertz CT molecular complexity index is 840. The van der Waals surface area contributed by atoms with E-state index in [1.807, 2.05) is 0 Å². The van der Waals surface area contributed by atoms with Crippen molar-refractivity contribution >= 4 is 35.7 Å². The second-order valence-corrected chi connectivity index (χ2v) is 8.91. The van der Waals surface area contributed by atoms with Crippen LogP contribution in [0.4, 0.5) is 4.79 Å². The number of nitrogens with two attached hydrogens (primary N) is 1. The largest absolute Gasteiger partial charge is 0.467 e. The van der Waals surface area contributed by atoms with Gasteiger partial charge in [0, 0.05) is 5.75 Å². The lowest BCUT2D eigenvalue weighted by Crippen LogP contribution is -2.58. The maximum absolute atomic E-state index is 12.8. The lowest BCUT2D eigenvalue weighted by molar-refractivity contribution is -0.145. The quantitative estimate of drug-likeness (QED) is 0.439. The van der Waals surface area contributed by atoms with Crippen molar-refractivity contribution in [2.45, 2.75) is 49.6 Å². The van der Waals surface area contributed by atoms with Gasteiger partial charge in [0.15, 0.2) is 6.04 Å². The second-order valence-electron chi connectivity index (χ2n) is 7.74. The summed E-state index contributed by atoms with van der Waals surface area (Å²) in [5, 5.41) is 3.96. The van der Waals surface area contributed by atoms with Crippen LogP contribution in [0.25, 0.3) is 0 Å². The fourth-order valence-corrected chi connectivity index (χ4v) is 3.65. The maximum atomic E-state index is 12.8. The van der Waals surface area contributed by atoms with Gasteiger partial charge in [-0.1, -0.05) is 18.2 Å². The highest BCUT2D eigenvalue weighted by Gasteiger charge is 2.34. The van der Waals surface area contributed by atoms with Crippen LogP contribution in [0, 0.1) is 0 Å². The number of amides is 2. The molecule has 0 saturated heterocycles. The number of hydrogen-bond donors (Lipinski definition) is 3. The molecule has 1 heterocycles. The normalized spacial score (nSPS) is 22.5. The number of benzene rings is 1. The minimum atomic E-state index is -1.32. The Hall–Kier alpha value is -2.79. The molecule has 11 heteroatoms. The van der Waals surface area contributed by atoms with E-state index in [-0.39, 0.29) is 0 Å². The van der Waals surface area contributed by atoms with Gasteiger partial charge in [-0.2, -0.15) is 0 Å². The van der Waals surface area contributed by atoms with E-state index in [1.165, 1.54) is 7.11 Å². The van der Waals surface area contributed by atoms with Gasteiger partial charge in [-0.3, -0.25) is 4.79 Å². The molecule has 1 aromatic rings. The van der Waals surface area contributed by atoms with Crippen LogP contribution in [-0.2, 0) is 29.6 Å². The molecule has 2 amide bonds. The average Bonchev–Trinajstić information content (AvgIpc) is 2.70. The van der Waals surface area contributed by atoms with Crippen LogP contribution in [0.15, 0.2) is 24.3 Å². The summed E-state index contributed by atoms with van der Waals surface area (Å²) in [6, 6.07) is 4.25. The molecular formula is C20H27N3O7S. The zero-order valence-corrected chi connectivity index (χ0v) is 18.6. The number of nitrogens with one attached hydrogen (secondary N) is 2. The summed E-state index contributed by atoms with van der Waals surface area (Å²) in [5.74, 6) is -1.88. The first-order chi connectivity index (χ1) is 14.5.